The van der Waals surface area contributed by atoms with E-state index in [2.05, 4.69) is 5.10 Å². The molecule has 2 aromatic rings. The second-order valence-corrected chi connectivity index (χ2v) is 8.21. The monoisotopic (exact) mass is 420 g/mol. The van der Waals surface area contributed by atoms with E-state index in [1.165, 1.54) is 25.3 Å². The maximum absolute atomic E-state index is 13.8. The van der Waals surface area contributed by atoms with Crippen LogP contribution in [0.3, 0.4) is 0 Å². The molecule has 1 N–H and O–H groups in total. The van der Waals surface area contributed by atoms with Crippen molar-refractivity contribution >= 4 is 11.6 Å². The first kappa shape index (κ1) is 21.8. The number of hydrazone groups is 1. The number of nitrogens with zero attached hydrogens (tertiary/aromatic N) is 2. The first-order valence-corrected chi connectivity index (χ1v) is 9.33. The maximum Gasteiger partial charge on any atom is 0.438 e. The Bertz CT molecular complexity index is 978. The number of benzene rings is 2. The van der Waals surface area contributed by atoms with Gasteiger partial charge in [0.25, 0.3) is 11.6 Å². The number of alkyl halides is 3. The third-order valence-electron chi connectivity index (χ3n) is 5.03. The molecule has 1 unspecified atom stereocenters. The molecule has 0 radical (unpaired) electrons. The molecular weight excluding hydrogens is 397 g/mol. The SMILES string of the molecule is COc1cccc(C2=NN(C(=O)c3ccc(C(C)(C)C)cc3)C(O)(C(F)(F)F)C2)c1. The van der Waals surface area contributed by atoms with Crippen molar-refractivity contribution in [2.24, 2.45) is 5.10 Å². The molecule has 3 rings (SSSR count). The Morgan fingerprint density at radius 1 is 1.13 bits per heavy atom. The van der Waals surface area contributed by atoms with Crippen LogP contribution in [0.25, 0.3) is 0 Å². The van der Waals surface area contributed by atoms with Gasteiger partial charge in [-0.2, -0.15) is 23.3 Å². The molecule has 1 heterocycles. The Balaban J connectivity index is 2.01. The quantitative estimate of drug-likeness (QED) is 0.796. The van der Waals surface area contributed by atoms with Gasteiger partial charge in [0.2, 0.25) is 0 Å². The number of carbonyl (C=O) groups is 1. The number of aliphatic hydroxyl groups is 1. The summed E-state index contributed by atoms with van der Waals surface area (Å²) in [6, 6.07) is 12.5. The van der Waals surface area contributed by atoms with Gasteiger partial charge in [-0.15, -0.1) is 0 Å². The molecule has 0 aromatic heterocycles. The molecule has 0 fully saturated rings. The van der Waals surface area contributed by atoms with Crippen LogP contribution < -0.4 is 4.74 Å². The second-order valence-electron chi connectivity index (χ2n) is 8.21. The van der Waals surface area contributed by atoms with Gasteiger partial charge in [0.1, 0.15) is 5.75 Å². The van der Waals surface area contributed by atoms with Gasteiger partial charge in [-0.3, -0.25) is 4.79 Å². The zero-order valence-electron chi connectivity index (χ0n) is 17.1. The number of rotatable bonds is 3. The molecule has 1 aliphatic heterocycles. The number of amides is 1. The number of ether oxygens (including phenoxy) is 1. The molecule has 2 aromatic carbocycles. The lowest BCUT2D eigenvalue weighted by molar-refractivity contribution is -0.297. The van der Waals surface area contributed by atoms with E-state index in [4.69, 9.17) is 4.74 Å². The van der Waals surface area contributed by atoms with Crippen molar-refractivity contribution in [1.29, 1.82) is 0 Å². The zero-order chi connectivity index (χ0) is 22.3. The van der Waals surface area contributed by atoms with E-state index in [9.17, 15) is 23.1 Å². The molecule has 0 spiro atoms. The highest BCUT2D eigenvalue weighted by Gasteiger charge is 2.63. The van der Waals surface area contributed by atoms with Crippen LogP contribution in [-0.4, -0.2) is 40.7 Å². The van der Waals surface area contributed by atoms with Crippen molar-refractivity contribution in [3.63, 3.8) is 0 Å². The van der Waals surface area contributed by atoms with Crippen LogP contribution in [0.5, 0.6) is 5.75 Å². The normalized spacial score (nSPS) is 19.6. The third kappa shape index (κ3) is 3.92. The molecule has 1 aliphatic rings. The molecule has 0 saturated carbocycles. The molecule has 1 atom stereocenters. The number of halogens is 3. The van der Waals surface area contributed by atoms with Crippen molar-refractivity contribution < 1.29 is 27.8 Å². The van der Waals surface area contributed by atoms with Crippen molar-refractivity contribution in [2.45, 2.75) is 44.5 Å². The summed E-state index contributed by atoms with van der Waals surface area (Å²) in [5.41, 5.74) is -2.43. The third-order valence-corrected chi connectivity index (χ3v) is 5.03. The van der Waals surface area contributed by atoms with Crippen molar-refractivity contribution in [2.75, 3.05) is 7.11 Å². The summed E-state index contributed by atoms with van der Waals surface area (Å²) < 4.78 is 46.4. The highest BCUT2D eigenvalue weighted by molar-refractivity contribution is 6.05. The molecule has 30 heavy (non-hydrogen) atoms. The van der Waals surface area contributed by atoms with Crippen LogP contribution in [0, 0.1) is 0 Å². The van der Waals surface area contributed by atoms with Gasteiger partial charge >= 0.3 is 6.18 Å². The highest BCUT2D eigenvalue weighted by atomic mass is 19.4. The van der Waals surface area contributed by atoms with E-state index >= 15 is 0 Å². The second kappa shape index (κ2) is 7.43. The van der Waals surface area contributed by atoms with Gasteiger partial charge < -0.3 is 9.84 Å². The van der Waals surface area contributed by atoms with E-state index in [0.29, 0.717) is 11.3 Å². The zero-order valence-corrected chi connectivity index (χ0v) is 17.1. The fraction of sp³-hybridized carbons (Fsp3) is 0.364. The average molecular weight is 420 g/mol. The topological polar surface area (TPSA) is 62.1 Å². The highest BCUT2D eigenvalue weighted by Crippen LogP contribution is 2.42. The summed E-state index contributed by atoms with van der Waals surface area (Å²) in [5, 5.41) is 14.5. The van der Waals surface area contributed by atoms with Gasteiger partial charge in [-0.05, 0) is 35.2 Å². The molecule has 5 nitrogen and oxygen atoms in total. The molecule has 0 saturated heterocycles. The minimum absolute atomic E-state index is 0.00122. The van der Waals surface area contributed by atoms with Gasteiger partial charge in [-0.25, -0.2) is 0 Å². The summed E-state index contributed by atoms with van der Waals surface area (Å²) in [6.45, 7) is 5.95. The molecule has 0 bridgehead atoms. The van der Waals surface area contributed by atoms with Crippen molar-refractivity contribution in [1.82, 2.24) is 5.01 Å². The standard InChI is InChI=1S/C22H23F3N2O3/c1-20(2,3)16-10-8-14(9-11-16)19(28)27-21(29,22(23,24)25)13-18(26-27)15-6-5-7-17(12-15)30-4/h5-12,29H,13H2,1-4H3. The minimum Gasteiger partial charge on any atom is -0.497 e. The molecular formula is C22H23F3N2O3. The summed E-state index contributed by atoms with van der Waals surface area (Å²) in [5.74, 6) is -0.610. The van der Waals surface area contributed by atoms with Crippen LogP contribution in [0.4, 0.5) is 13.2 Å². The average Bonchev–Trinajstić information content (AvgIpc) is 3.06. The predicted octanol–water partition coefficient (Wildman–Crippen LogP) is 4.49. The lowest BCUT2D eigenvalue weighted by atomic mass is 9.86. The van der Waals surface area contributed by atoms with E-state index in [0.717, 1.165) is 5.56 Å². The van der Waals surface area contributed by atoms with Gasteiger partial charge in [-0.1, -0.05) is 45.0 Å². The summed E-state index contributed by atoms with van der Waals surface area (Å²) in [6.07, 6.45) is -5.98. The van der Waals surface area contributed by atoms with Crippen LogP contribution in [0.1, 0.15) is 48.7 Å². The van der Waals surface area contributed by atoms with Crippen LogP contribution in [-0.2, 0) is 5.41 Å². The number of hydrogen-bond donors (Lipinski definition) is 1. The fourth-order valence-electron chi connectivity index (χ4n) is 3.18. The van der Waals surface area contributed by atoms with Crippen LogP contribution >= 0.6 is 0 Å². The number of carbonyl (C=O) groups excluding carboxylic acids is 1. The summed E-state index contributed by atoms with van der Waals surface area (Å²) in [4.78, 5) is 12.9. The van der Waals surface area contributed by atoms with E-state index in [-0.39, 0.29) is 21.7 Å². The summed E-state index contributed by atoms with van der Waals surface area (Å²) in [7, 11) is 1.43. The molecule has 160 valence electrons. The Kier molecular flexibility index (Phi) is 5.41. The molecule has 1 amide bonds. The summed E-state index contributed by atoms with van der Waals surface area (Å²) >= 11 is 0. The molecule has 0 aliphatic carbocycles. The van der Waals surface area contributed by atoms with E-state index < -0.39 is 24.2 Å². The first-order valence-electron chi connectivity index (χ1n) is 9.33. The Morgan fingerprint density at radius 2 is 1.77 bits per heavy atom. The molecule has 8 heteroatoms. The minimum atomic E-state index is -5.10. The first-order chi connectivity index (χ1) is 13.9. The van der Waals surface area contributed by atoms with Gasteiger partial charge in [0.15, 0.2) is 0 Å². The van der Waals surface area contributed by atoms with Crippen molar-refractivity contribution in [3.8, 4) is 5.75 Å². The Labute approximate surface area is 172 Å². The fourth-order valence-corrected chi connectivity index (χ4v) is 3.18. The Morgan fingerprint density at radius 3 is 2.30 bits per heavy atom. The van der Waals surface area contributed by atoms with Crippen LogP contribution in [0.2, 0.25) is 0 Å². The number of methoxy groups -OCH3 is 1. The van der Waals surface area contributed by atoms with E-state index in [1.54, 1.807) is 30.3 Å². The number of hydrogen-bond acceptors (Lipinski definition) is 4. The Hall–Kier alpha value is -2.87. The van der Waals surface area contributed by atoms with Gasteiger partial charge in [0.05, 0.1) is 19.2 Å². The largest absolute Gasteiger partial charge is 0.497 e. The lowest BCUT2D eigenvalue weighted by Crippen LogP contribution is -2.56. The smallest absolute Gasteiger partial charge is 0.438 e. The van der Waals surface area contributed by atoms with Gasteiger partial charge in [0, 0.05) is 11.1 Å². The maximum atomic E-state index is 13.8. The van der Waals surface area contributed by atoms with Crippen LogP contribution in [0.15, 0.2) is 53.6 Å². The predicted molar refractivity (Wildman–Crippen MR) is 106 cm³/mol. The van der Waals surface area contributed by atoms with Crippen molar-refractivity contribution in [3.05, 3.63) is 65.2 Å². The van der Waals surface area contributed by atoms with E-state index in [1.807, 2.05) is 20.8 Å². The lowest BCUT2D eigenvalue weighted by Gasteiger charge is -2.32.